The first-order chi connectivity index (χ1) is 8.06. The minimum Gasteiger partial charge on any atom is -0.360 e. The lowest BCUT2D eigenvalue weighted by Crippen LogP contribution is -2.37. The first-order valence-corrected chi connectivity index (χ1v) is 5.74. The van der Waals surface area contributed by atoms with Crippen LogP contribution in [0.2, 0.25) is 0 Å². The Morgan fingerprint density at radius 1 is 1.35 bits per heavy atom. The number of hydrogen-bond donors (Lipinski definition) is 3. The Morgan fingerprint density at radius 2 is 2.00 bits per heavy atom. The van der Waals surface area contributed by atoms with Crippen molar-refractivity contribution in [2.24, 2.45) is 0 Å². The minimum atomic E-state index is -0.600. The van der Waals surface area contributed by atoms with Gasteiger partial charge in [0.25, 0.3) is 5.56 Å². The van der Waals surface area contributed by atoms with Crippen LogP contribution in [0.15, 0.2) is 9.59 Å². The zero-order valence-corrected chi connectivity index (χ0v) is 10.4. The van der Waals surface area contributed by atoms with E-state index in [1.807, 2.05) is 6.92 Å². The van der Waals surface area contributed by atoms with Gasteiger partial charge >= 0.3 is 5.69 Å². The van der Waals surface area contributed by atoms with Gasteiger partial charge in [0.05, 0.1) is 0 Å². The molecule has 0 saturated heterocycles. The molecule has 0 amide bonds. The Labute approximate surface area is 99.2 Å². The molecular formula is C10H19N5O2. The zero-order valence-electron chi connectivity index (χ0n) is 10.4. The lowest BCUT2D eigenvalue weighted by molar-refractivity contribution is 0.294. The van der Waals surface area contributed by atoms with Gasteiger partial charge in [0.1, 0.15) is 0 Å². The highest BCUT2D eigenvalue weighted by molar-refractivity contribution is 5.30. The van der Waals surface area contributed by atoms with E-state index in [-0.39, 0.29) is 11.9 Å². The molecule has 1 aromatic heterocycles. The standard InChI is InChI=1S/C10H19N5O2/c1-4-15(5-2)6-7(3)11-8-9(16)12-10(17)14-13-8/h7H,4-6H2,1-3H3,(H,11,13)(H2,12,14,16,17). The van der Waals surface area contributed by atoms with Crippen molar-refractivity contribution in [3.05, 3.63) is 20.8 Å². The summed E-state index contributed by atoms with van der Waals surface area (Å²) < 4.78 is 0. The van der Waals surface area contributed by atoms with Gasteiger partial charge in [-0.05, 0) is 20.0 Å². The number of aromatic amines is 2. The summed E-state index contributed by atoms with van der Waals surface area (Å²) in [6.45, 7) is 8.86. The van der Waals surface area contributed by atoms with E-state index in [1.165, 1.54) is 0 Å². The summed E-state index contributed by atoms with van der Waals surface area (Å²) >= 11 is 0. The molecule has 1 rings (SSSR count). The van der Waals surface area contributed by atoms with Crippen molar-refractivity contribution >= 4 is 5.82 Å². The summed E-state index contributed by atoms with van der Waals surface area (Å²) in [7, 11) is 0. The summed E-state index contributed by atoms with van der Waals surface area (Å²) in [5.41, 5.74) is -1.10. The van der Waals surface area contributed by atoms with Crippen LogP contribution in [0.1, 0.15) is 20.8 Å². The molecule has 7 nitrogen and oxygen atoms in total. The number of hydrogen-bond acceptors (Lipinski definition) is 5. The average molecular weight is 241 g/mol. The molecule has 7 heteroatoms. The minimum absolute atomic E-state index is 0.0782. The van der Waals surface area contributed by atoms with E-state index in [1.54, 1.807) is 0 Å². The Morgan fingerprint density at radius 3 is 2.53 bits per heavy atom. The Hall–Kier alpha value is -1.63. The largest absolute Gasteiger partial charge is 0.360 e. The van der Waals surface area contributed by atoms with Crippen LogP contribution < -0.4 is 16.6 Å². The summed E-state index contributed by atoms with van der Waals surface area (Å²) in [6.07, 6.45) is 0. The van der Waals surface area contributed by atoms with Gasteiger partial charge in [0.2, 0.25) is 5.82 Å². The quantitative estimate of drug-likeness (QED) is 0.630. The number of aromatic nitrogens is 3. The van der Waals surface area contributed by atoms with E-state index in [2.05, 4.69) is 39.2 Å². The van der Waals surface area contributed by atoms with Gasteiger partial charge in [0, 0.05) is 12.6 Å². The third kappa shape index (κ3) is 4.03. The molecule has 0 aliphatic carbocycles. The van der Waals surface area contributed by atoms with Crippen LogP contribution in [-0.2, 0) is 0 Å². The van der Waals surface area contributed by atoms with Crippen LogP contribution in [0.4, 0.5) is 5.82 Å². The molecule has 0 bridgehead atoms. The lowest BCUT2D eigenvalue weighted by atomic mass is 10.3. The molecule has 0 radical (unpaired) electrons. The van der Waals surface area contributed by atoms with E-state index < -0.39 is 11.2 Å². The number of rotatable bonds is 6. The summed E-state index contributed by atoms with van der Waals surface area (Å²) in [5.74, 6) is 0.143. The lowest BCUT2D eigenvalue weighted by Gasteiger charge is -2.23. The summed E-state index contributed by atoms with van der Waals surface area (Å²) in [6, 6.07) is 0.0782. The van der Waals surface area contributed by atoms with Crippen LogP contribution in [0, 0.1) is 0 Å². The monoisotopic (exact) mass is 241 g/mol. The highest BCUT2D eigenvalue weighted by atomic mass is 16.2. The fourth-order valence-corrected chi connectivity index (χ4v) is 1.59. The van der Waals surface area contributed by atoms with Gasteiger partial charge in [-0.25, -0.2) is 9.89 Å². The van der Waals surface area contributed by atoms with Gasteiger partial charge in [-0.15, -0.1) is 5.10 Å². The van der Waals surface area contributed by atoms with Gasteiger partial charge in [-0.1, -0.05) is 13.8 Å². The van der Waals surface area contributed by atoms with Crippen molar-refractivity contribution in [3.63, 3.8) is 0 Å². The van der Waals surface area contributed by atoms with E-state index in [4.69, 9.17) is 0 Å². The molecule has 0 aliphatic heterocycles. The SMILES string of the molecule is CCN(CC)CC(C)Nc1n[nH]c(=O)[nH]c1=O. The third-order valence-electron chi connectivity index (χ3n) is 2.52. The van der Waals surface area contributed by atoms with Crippen molar-refractivity contribution in [1.82, 2.24) is 20.1 Å². The van der Waals surface area contributed by atoms with E-state index in [0.717, 1.165) is 19.6 Å². The first-order valence-electron chi connectivity index (χ1n) is 5.74. The molecule has 0 saturated carbocycles. The molecule has 3 N–H and O–H groups in total. The fraction of sp³-hybridized carbons (Fsp3) is 0.700. The van der Waals surface area contributed by atoms with E-state index in [9.17, 15) is 9.59 Å². The highest BCUT2D eigenvalue weighted by Gasteiger charge is 2.09. The second-order valence-electron chi connectivity index (χ2n) is 3.89. The number of anilines is 1. The van der Waals surface area contributed by atoms with E-state index in [0.29, 0.717) is 0 Å². The molecule has 1 heterocycles. The number of nitrogens with one attached hydrogen (secondary N) is 3. The van der Waals surface area contributed by atoms with Crippen LogP contribution in [0.25, 0.3) is 0 Å². The molecule has 96 valence electrons. The topological polar surface area (TPSA) is 93.9 Å². The van der Waals surface area contributed by atoms with Crippen LogP contribution in [-0.4, -0.2) is 45.8 Å². The zero-order chi connectivity index (χ0) is 12.8. The number of nitrogens with zero attached hydrogens (tertiary/aromatic N) is 2. The van der Waals surface area contributed by atoms with Gasteiger partial charge in [-0.3, -0.25) is 9.78 Å². The maximum absolute atomic E-state index is 11.4. The first kappa shape index (κ1) is 13.4. The van der Waals surface area contributed by atoms with Crippen molar-refractivity contribution in [2.75, 3.05) is 25.0 Å². The van der Waals surface area contributed by atoms with E-state index >= 15 is 0 Å². The highest BCUT2D eigenvalue weighted by Crippen LogP contribution is 1.97. The van der Waals surface area contributed by atoms with Crippen molar-refractivity contribution in [1.29, 1.82) is 0 Å². The fourth-order valence-electron chi connectivity index (χ4n) is 1.59. The molecule has 1 atom stereocenters. The predicted octanol–water partition coefficient (Wildman–Crippen LogP) is -0.400. The maximum atomic E-state index is 11.4. The molecule has 17 heavy (non-hydrogen) atoms. The molecule has 0 spiro atoms. The van der Waals surface area contributed by atoms with Crippen LogP contribution >= 0.6 is 0 Å². The molecule has 1 unspecified atom stereocenters. The van der Waals surface area contributed by atoms with Crippen LogP contribution in [0.5, 0.6) is 0 Å². The summed E-state index contributed by atoms with van der Waals surface area (Å²) in [5, 5.41) is 8.83. The number of H-pyrrole nitrogens is 2. The smallest absolute Gasteiger partial charge is 0.342 e. The third-order valence-corrected chi connectivity index (χ3v) is 2.52. The molecule has 0 fully saturated rings. The van der Waals surface area contributed by atoms with Gasteiger partial charge < -0.3 is 10.2 Å². The van der Waals surface area contributed by atoms with Gasteiger partial charge in [0.15, 0.2) is 0 Å². The molecular weight excluding hydrogens is 222 g/mol. The predicted molar refractivity (Wildman–Crippen MR) is 66.4 cm³/mol. The van der Waals surface area contributed by atoms with Crippen molar-refractivity contribution in [2.45, 2.75) is 26.8 Å². The Kier molecular flexibility index (Phi) is 4.89. The molecule has 0 aliphatic rings. The second kappa shape index (κ2) is 6.19. The van der Waals surface area contributed by atoms with Crippen LogP contribution in [0.3, 0.4) is 0 Å². The second-order valence-corrected chi connectivity index (χ2v) is 3.89. The van der Waals surface area contributed by atoms with Gasteiger partial charge in [-0.2, -0.15) is 0 Å². The Bertz CT molecular complexity index is 448. The summed E-state index contributed by atoms with van der Waals surface area (Å²) in [4.78, 5) is 26.5. The van der Waals surface area contributed by atoms with Crippen molar-refractivity contribution < 1.29 is 0 Å². The molecule has 0 aromatic carbocycles. The normalized spacial score (nSPS) is 12.7. The number of likely N-dealkylation sites (N-methyl/N-ethyl adjacent to an activating group) is 1. The average Bonchev–Trinajstić information content (AvgIpc) is 2.29. The molecule has 1 aromatic rings. The van der Waals surface area contributed by atoms with Crippen molar-refractivity contribution in [3.8, 4) is 0 Å². The maximum Gasteiger partial charge on any atom is 0.342 e. The Balaban J connectivity index is 2.64.